The number of amides is 1. The molecule has 4 nitrogen and oxygen atoms in total. The SMILES string of the molecule is CC1CN(CC2CCN(C(=O)CCSc3ccc(Cl)cc3)CC2)CC(C)O1. The van der Waals surface area contributed by atoms with Crippen molar-refractivity contribution in [2.24, 2.45) is 5.92 Å². The van der Waals surface area contributed by atoms with Crippen LogP contribution in [0.15, 0.2) is 29.2 Å². The monoisotopic (exact) mass is 410 g/mol. The third-order valence-corrected chi connectivity index (χ3v) is 6.64. The second-order valence-electron chi connectivity index (χ2n) is 7.85. The lowest BCUT2D eigenvalue weighted by atomic mass is 9.95. The quantitative estimate of drug-likeness (QED) is 0.659. The Morgan fingerprint density at radius 1 is 1.15 bits per heavy atom. The standard InChI is InChI=1S/C21H31ClN2O2S/c1-16-13-23(14-17(2)26-16)15-18-7-10-24(11-8-18)21(25)9-12-27-20-5-3-19(22)4-6-20/h3-6,16-18H,7-15H2,1-2H3. The fourth-order valence-electron chi connectivity index (χ4n) is 4.11. The molecule has 2 fully saturated rings. The Kier molecular flexibility index (Phi) is 7.88. The summed E-state index contributed by atoms with van der Waals surface area (Å²) in [6, 6.07) is 7.81. The Hall–Kier alpha value is -0.750. The number of carbonyl (C=O) groups is 1. The number of rotatable bonds is 6. The lowest BCUT2D eigenvalue weighted by Gasteiger charge is -2.39. The molecule has 2 atom stereocenters. The van der Waals surface area contributed by atoms with Gasteiger partial charge in [-0.25, -0.2) is 0 Å². The Morgan fingerprint density at radius 2 is 1.78 bits per heavy atom. The molecule has 0 aliphatic carbocycles. The number of likely N-dealkylation sites (tertiary alicyclic amines) is 1. The summed E-state index contributed by atoms with van der Waals surface area (Å²) in [4.78, 5) is 18.3. The van der Waals surface area contributed by atoms with Gasteiger partial charge in [-0.1, -0.05) is 11.6 Å². The first-order chi connectivity index (χ1) is 13.0. The number of halogens is 1. The van der Waals surface area contributed by atoms with Crippen molar-refractivity contribution in [3.8, 4) is 0 Å². The smallest absolute Gasteiger partial charge is 0.223 e. The van der Waals surface area contributed by atoms with Crippen molar-refractivity contribution in [2.75, 3.05) is 38.5 Å². The van der Waals surface area contributed by atoms with E-state index in [0.717, 1.165) is 56.3 Å². The second kappa shape index (κ2) is 10.1. The van der Waals surface area contributed by atoms with Crippen LogP contribution in [-0.2, 0) is 9.53 Å². The zero-order valence-corrected chi connectivity index (χ0v) is 18.0. The van der Waals surface area contributed by atoms with Crippen molar-refractivity contribution in [2.45, 2.75) is 50.2 Å². The minimum atomic E-state index is 0.295. The number of ether oxygens (including phenoxy) is 1. The van der Waals surface area contributed by atoms with Crippen LogP contribution in [0.25, 0.3) is 0 Å². The van der Waals surface area contributed by atoms with Crippen LogP contribution in [-0.4, -0.2) is 66.4 Å². The van der Waals surface area contributed by atoms with Crippen molar-refractivity contribution >= 4 is 29.3 Å². The van der Waals surface area contributed by atoms with Crippen LogP contribution in [0, 0.1) is 5.92 Å². The van der Waals surface area contributed by atoms with Crippen LogP contribution >= 0.6 is 23.4 Å². The number of morpholine rings is 1. The predicted octanol–water partition coefficient (Wildman–Crippen LogP) is 4.17. The summed E-state index contributed by atoms with van der Waals surface area (Å²) >= 11 is 7.63. The zero-order chi connectivity index (χ0) is 19.2. The Morgan fingerprint density at radius 3 is 2.41 bits per heavy atom. The lowest BCUT2D eigenvalue weighted by Crippen LogP contribution is -2.48. The Labute approximate surface area is 172 Å². The summed E-state index contributed by atoms with van der Waals surface area (Å²) in [6.07, 6.45) is 3.50. The highest BCUT2D eigenvalue weighted by Crippen LogP contribution is 2.23. The Bertz CT molecular complexity index is 595. The molecule has 2 aliphatic rings. The van der Waals surface area contributed by atoms with E-state index in [0.29, 0.717) is 30.5 Å². The number of hydrogen-bond acceptors (Lipinski definition) is 4. The van der Waals surface area contributed by atoms with Crippen molar-refractivity contribution < 1.29 is 9.53 Å². The topological polar surface area (TPSA) is 32.8 Å². The maximum atomic E-state index is 12.5. The molecular formula is C21H31ClN2O2S. The normalized spacial score (nSPS) is 24.9. The minimum Gasteiger partial charge on any atom is -0.373 e. The Balaban J connectivity index is 1.34. The van der Waals surface area contributed by atoms with Crippen LogP contribution in [0.3, 0.4) is 0 Å². The van der Waals surface area contributed by atoms with Gasteiger partial charge < -0.3 is 9.64 Å². The number of nitrogens with zero attached hydrogens (tertiary/aromatic N) is 2. The lowest BCUT2D eigenvalue weighted by molar-refractivity contribution is -0.132. The molecule has 0 bridgehead atoms. The van der Waals surface area contributed by atoms with Gasteiger partial charge in [-0.15, -0.1) is 11.8 Å². The number of benzene rings is 1. The third-order valence-electron chi connectivity index (χ3n) is 5.38. The molecule has 1 aromatic carbocycles. The molecule has 2 aliphatic heterocycles. The molecule has 1 amide bonds. The molecule has 0 spiro atoms. The molecule has 2 saturated heterocycles. The molecule has 0 radical (unpaired) electrons. The summed E-state index contributed by atoms with van der Waals surface area (Å²) in [5.41, 5.74) is 0. The van der Waals surface area contributed by atoms with Gasteiger partial charge in [-0.05, 0) is 56.9 Å². The van der Waals surface area contributed by atoms with Gasteiger partial charge in [0.15, 0.2) is 0 Å². The van der Waals surface area contributed by atoms with Gasteiger partial charge >= 0.3 is 0 Å². The largest absolute Gasteiger partial charge is 0.373 e. The van der Waals surface area contributed by atoms with Crippen molar-refractivity contribution in [1.82, 2.24) is 9.80 Å². The molecule has 1 aromatic rings. The fraction of sp³-hybridized carbons (Fsp3) is 0.667. The molecule has 0 aromatic heterocycles. The third kappa shape index (κ3) is 6.67. The van der Waals surface area contributed by atoms with Gasteiger partial charge in [0.05, 0.1) is 12.2 Å². The summed E-state index contributed by atoms with van der Waals surface area (Å²) < 4.78 is 5.83. The first-order valence-corrected chi connectivity index (χ1v) is 11.4. The maximum absolute atomic E-state index is 12.5. The summed E-state index contributed by atoms with van der Waals surface area (Å²) in [5.74, 6) is 1.82. The fourth-order valence-corrected chi connectivity index (χ4v) is 5.08. The van der Waals surface area contributed by atoms with Crippen LogP contribution in [0.2, 0.25) is 5.02 Å². The van der Waals surface area contributed by atoms with Gasteiger partial charge in [-0.3, -0.25) is 9.69 Å². The van der Waals surface area contributed by atoms with E-state index in [1.165, 1.54) is 4.90 Å². The molecule has 3 rings (SSSR count). The van der Waals surface area contributed by atoms with E-state index in [1.807, 2.05) is 24.3 Å². The second-order valence-corrected chi connectivity index (χ2v) is 9.46. The predicted molar refractivity (Wildman–Crippen MR) is 113 cm³/mol. The summed E-state index contributed by atoms with van der Waals surface area (Å²) in [5, 5.41) is 0.749. The molecule has 2 heterocycles. The average Bonchev–Trinajstić information content (AvgIpc) is 2.63. The van der Waals surface area contributed by atoms with E-state index in [4.69, 9.17) is 16.3 Å². The van der Waals surface area contributed by atoms with Gasteiger partial charge in [0.1, 0.15) is 0 Å². The summed E-state index contributed by atoms with van der Waals surface area (Å²) in [6.45, 7) is 9.34. The van der Waals surface area contributed by atoms with Crippen LogP contribution in [0.4, 0.5) is 0 Å². The van der Waals surface area contributed by atoms with Gasteiger partial charge in [0.25, 0.3) is 0 Å². The highest BCUT2D eigenvalue weighted by molar-refractivity contribution is 7.99. The molecule has 27 heavy (non-hydrogen) atoms. The highest BCUT2D eigenvalue weighted by atomic mass is 35.5. The van der Waals surface area contributed by atoms with Crippen LogP contribution in [0.1, 0.15) is 33.1 Å². The molecule has 6 heteroatoms. The average molecular weight is 411 g/mol. The molecule has 2 unspecified atom stereocenters. The number of piperidine rings is 1. The van der Waals surface area contributed by atoms with Crippen molar-refractivity contribution in [3.05, 3.63) is 29.3 Å². The van der Waals surface area contributed by atoms with E-state index in [-0.39, 0.29) is 0 Å². The van der Waals surface area contributed by atoms with E-state index in [2.05, 4.69) is 23.6 Å². The molecule has 150 valence electrons. The van der Waals surface area contributed by atoms with Crippen LogP contribution in [0.5, 0.6) is 0 Å². The van der Waals surface area contributed by atoms with E-state index in [9.17, 15) is 4.79 Å². The minimum absolute atomic E-state index is 0.295. The highest BCUT2D eigenvalue weighted by Gasteiger charge is 2.27. The van der Waals surface area contributed by atoms with E-state index < -0.39 is 0 Å². The van der Waals surface area contributed by atoms with Gasteiger partial charge in [0.2, 0.25) is 5.91 Å². The van der Waals surface area contributed by atoms with E-state index in [1.54, 1.807) is 11.8 Å². The van der Waals surface area contributed by atoms with Crippen LogP contribution < -0.4 is 0 Å². The first-order valence-electron chi connectivity index (χ1n) is 10.0. The maximum Gasteiger partial charge on any atom is 0.223 e. The summed E-state index contributed by atoms with van der Waals surface area (Å²) in [7, 11) is 0. The van der Waals surface area contributed by atoms with Gasteiger partial charge in [-0.2, -0.15) is 0 Å². The van der Waals surface area contributed by atoms with Gasteiger partial charge in [0, 0.05) is 54.8 Å². The number of carbonyl (C=O) groups excluding carboxylic acids is 1. The van der Waals surface area contributed by atoms with Crippen molar-refractivity contribution in [1.29, 1.82) is 0 Å². The molecule has 0 N–H and O–H groups in total. The number of thioether (sulfide) groups is 1. The van der Waals surface area contributed by atoms with E-state index >= 15 is 0 Å². The molecular weight excluding hydrogens is 380 g/mol. The first kappa shape index (κ1) is 21.0. The van der Waals surface area contributed by atoms with Crippen molar-refractivity contribution in [3.63, 3.8) is 0 Å². The number of hydrogen-bond donors (Lipinski definition) is 0. The molecule has 0 saturated carbocycles. The zero-order valence-electron chi connectivity index (χ0n) is 16.4.